The summed E-state index contributed by atoms with van der Waals surface area (Å²) in [5, 5.41) is 6.89. The van der Waals surface area contributed by atoms with Crippen molar-refractivity contribution in [3.63, 3.8) is 0 Å². The Morgan fingerprint density at radius 3 is 2.64 bits per heavy atom. The van der Waals surface area contributed by atoms with Gasteiger partial charge in [0.1, 0.15) is 0 Å². The van der Waals surface area contributed by atoms with Crippen molar-refractivity contribution < 1.29 is 19.4 Å². The molecule has 122 valence electrons. The Morgan fingerprint density at radius 2 is 2.05 bits per heavy atom. The van der Waals surface area contributed by atoms with Crippen LogP contribution >= 0.6 is 0 Å². The molecular weight excluding hydrogens is 284 g/mol. The third-order valence-corrected chi connectivity index (χ3v) is 3.32. The van der Waals surface area contributed by atoms with E-state index >= 15 is 0 Å². The van der Waals surface area contributed by atoms with Crippen LogP contribution in [0.1, 0.15) is 5.56 Å². The lowest BCUT2D eigenvalue weighted by molar-refractivity contribution is -0.139. The van der Waals surface area contributed by atoms with Gasteiger partial charge in [0.25, 0.3) is 6.47 Å². The molecule has 1 N–H and O–H groups in total. The lowest BCUT2D eigenvalue weighted by atomic mass is 10.1. The van der Waals surface area contributed by atoms with Gasteiger partial charge in [-0.3, -0.25) is 9.59 Å². The van der Waals surface area contributed by atoms with Gasteiger partial charge in [-0.25, -0.2) is 0 Å². The zero-order valence-electron chi connectivity index (χ0n) is 13.1. The first-order chi connectivity index (χ1) is 10.6. The van der Waals surface area contributed by atoms with Crippen LogP contribution in [0.2, 0.25) is 0 Å². The number of carbonyl (C=O) groups excluding carboxylic acids is 1. The predicted molar refractivity (Wildman–Crippen MR) is 83.7 cm³/mol. The van der Waals surface area contributed by atoms with Gasteiger partial charge >= 0.3 is 0 Å². The molecule has 0 saturated carbocycles. The van der Waals surface area contributed by atoms with Gasteiger partial charge in [-0.2, -0.15) is 0 Å². The molecule has 1 unspecified atom stereocenters. The highest BCUT2D eigenvalue weighted by atomic mass is 16.5. The van der Waals surface area contributed by atoms with Crippen LogP contribution in [0.5, 0.6) is 0 Å². The second-order valence-corrected chi connectivity index (χ2v) is 5.35. The normalized spacial score (nSPS) is 17.6. The molecule has 1 aromatic rings. The van der Waals surface area contributed by atoms with Crippen LogP contribution in [-0.2, 0) is 20.7 Å². The molecule has 1 aromatic carbocycles. The zero-order valence-corrected chi connectivity index (χ0v) is 13.1. The summed E-state index contributed by atoms with van der Waals surface area (Å²) >= 11 is 0. The maximum atomic E-state index is 12.4. The highest BCUT2D eigenvalue weighted by Crippen LogP contribution is 2.11. The monoisotopic (exact) mass is 308 g/mol. The van der Waals surface area contributed by atoms with Crippen LogP contribution in [0, 0.1) is 0 Å². The number of morpholine rings is 1. The molecule has 0 radical (unpaired) electrons. The van der Waals surface area contributed by atoms with Crippen molar-refractivity contribution in [1.29, 1.82) is 0 Å². The first-order valence-electron chi connectivity index (χ1n) is 7.22. The fraction of sp³-hybridized carbons (Fsp3) is 0.500. The molecule has 2 rings (SSSR count). The molecule has 0 spiro atoms. The first-order valence-corrected chi connectivity index (χ1v) is 7.22. The van der Waals surface area contributed by atoms with Gasteiger partial charge < -0.3 is 19.6 Å². The molecule has 1 amide bonds. The summed E-state index contributed by atoms with van der Waals surface area (Å²) < 4.78 is 5.49. The number of amides is 1. The summed E-state index contributed by atoms with van der Waals surface area (Å²) in [4.78, 5) is 24.8. The van der Waals surface area contributed by atoms with E-state index in [0.717, 1.165) is 12.1 Å². The number of carboxylic acid groups (broad SMARTS) is 1. The maximum Gasteiger partial charge on any atom is 0.290 e. The van der Waals surface area contributed by atoms with Gasteiger partial charge in [0.2, 0.25) is 5.91 Å². The molecule has 1 aliphatic rings. The van der Waals surface area contributed by atoms with E-state index in [1.54, 1.807) is 0 Å². The Kier molecular flexibility index (Phi) is 8.17. The molecule has 0 aliphatic carbocycles. The number of benzene rings is 1. The third kappa shape index (κ3) is 6.24. The van der Waals surface area contributed by atoms with Crippen LogP contribution in [0.15, 0.2) is 30.3 Å². The van der Waals surface area contributed by atoms with Gasteiger partial charge in [-0.15, -0.1) is 0 Å². The molecule has 6 heteroatoms. The van der Waals surface area contributed by atoms with Crippen molar-refractivity contribution in [3.05, 3.63) is 35.9 Å². The summed E-state index contributed by atoms with van der Waals surface area (Å²) in [5.74, 6) is 0.196. The highest BCUT2D eigenvalue weighted by molar-refractivity contribution is 5.79. The molecule has 1 atom stereocenters. The number of hydrogen-bond donors (Lipinski definition) is 1. The van der Waals surface area contributed by atoms with Gasteiger partial charge in [0.15, 0.2) is 0 Å². The maximum absolute atomic E-state index is 12.4. The summed E-state index contributed by atoms with van der Waals surface area (Å²) in [6.07, 6.45) is 0.477. The largest absolute Gasteiger partial charge is 0.483 e. The van der Waals surface area contributed by atoms with Crippen LogP contribution in [0.3, 0.4) is 0 Å². The molecule has 6 nitrogen and oxygen atoms in total. The molecule has 0 bridgehead atoms. The fourth-order valence-electron chi connectivity index (χ4n) is 2.43. The minimum absolute atomic E-state index is 0.167. The smallest absolute Gasteiger partial charge is 0.290 e. The van der Waals surface area contributed by atoms with Crippen LogP contribution in [0.25, 0.3) is 0 Å². The Hall–Kier alpha value is -1.92. The quantitative estimate of drug-likeness (QED) is 0.830. The zero-order chi connectivity index (χ0) is 16.4. The Labute approximate surface area is 131 Å². The number of likely N-dealkylation sites (N-methyl/N-ethyl adjacent to an activating group) is 1. The van der Waals surface area contributed by atoms with Crippen molar-refractivity contribution >= 4 is 12.4 Å². The number of hydrogen-bond acceptors (Lipinski definition) is 4. The molecule has 1 heterocycles. The van der Waals surface area contributed by atoms with Gasteiger partial charge in [0, 0.05) is 13.1 Å². The van der Waals surface area contributed by atoms with E-state index in [0.29, 0.717) is 26.2 Å². The minimum Gasteiger partial charge on any atom is -0.483 e. The summed E-state index contributed by atoms with van der Waals surface area (Å²) in [6.45, 7) is 2.58. The van der Waals surface area contributed by atoms with E-state index in [1.807, 2.05) is 49.3 Å². The van der Waals surface area contributed by atoms with Crippen molar-refractivity contribution in [2.45, 2.75) is 12.5 Å². The van der Waals surface area contributed by atoms with Crippen LogP contribution < -0.4 is 0 Å². The second-order valence-electron chi connectivity index (χ2n) is 5.35. The number of nitrogens with zero attached hydrogens (tertiary/aromatic N) is 2. The van der Waals surface area contributed by atoms with Crippen molar-refractivity contribution in [1.82, 2.24) is 9.80 Å². The molecular formula is C16H24N2O4. The average Bonchev–Trinajstić information content (AvgIpc) is 2.49. The Balaban J connectivity index is 0.000000745. The number of rotatable bonds is 4. The predicted octanol–water partition coefficient (Wildman–Crippen LogP) is 0.719. The lowest BCUT2D eigenvalue weighted by Gasteiger charge is -2.37. The molecule has 1 aliphatic heterocycles. The van der Waals surface area contributed by atoms with E-state index < -0.39 is 0 Å². The molecule has 0 aromatic heterocycles. The van der Waals surface area contributed by atoms with Crippen LogP contribution in [-0.4, -0.2) is 73.7 Å². The molecule has 1 saturated heterocycles. The van der Waals surface area contributed by atoms with E-state index in [-0.39, 0.29) is 18.4 Å². The summed E-state index contributed by atoms with van der Waals surface area (Å²) in [6, 6.07) is 10.1. The van der Waals surface area contributed by atoms with E-state index in [1.165, 1.54) is 0 Å². The Bertz CT molecular complexity index is 451. The molecule has 1 fully saturated rings. The lowest BCUT2D eigenvalue weighted by Crippen LogP contribution is -2.53. The average molecular weight is 308 g/mol. The van der Waals surface area contributed by atoms with Crippen molar-refractivity contribution in [3.8, 4) is 0 Å². The standard InChI is InChI=1S/C15H22N2O2.CH2O2/c1-16(2)11-14-12-19-9-8-17(14)15(18)10-13-6-4-3-5-7-13;2-1-3/h3-7,14H,8-12H2,1-2H3;1H,(H,2,3). The van der Waals surface area contributed by atoms with Crippen molar-refractivity contribution in [2.24, 2.45) is 0 Å². The second kappa shape index (κ2) is 9.92. The van der Waals surface area contributed by atoms with Gasteiger partial charge in [-0.05, 0) is 19.7 Å². The fourth-order valence-corrected chi connectivity index (χ4v) is 2.43. The first kappa shape index (κ1) is 18.1. The summed E-state index contributed by atoms with van der Waals surface area (Å²) in [5.41, 5.74) is 1.07. The SMILES string of the molecule is CN(C)CC1COCCN1C(=O)Cc1ccccc1.O=CO. The highest BCUT2D eigenvalue weighted by Gasteiger charge is 2.27. The van der Waals surface area contributed by atoms with Gasteiger partial charge in [-0.1, -0.05) is 30.3 Å². The van der Waals surface area contributed by atoms with Gasteiger partial charge in [0.05, 0.1) is 25.7 Å². The minimum atomic E-state index is -0.250. The van der Waals surface area contributed by atoms with Crippen LogP contribution in [0.4, 0.5) is 0 Å². The van der Waals surface area contributed by atoms with E-state index in [9.17, 15) is 4.79 Å². The third-order valence-electron chi connectivity index (χ3n) is 3.32. The van der Waals surface area contributed by atoms with E-state index in [2.05, 4.69) is 4.90 Å². The summed E-state index contributed by atoms with van der Waals surface area (Å²) in [7, 11) is 4.04. The number of carbonyl (C=O) groups is 2. The van der Waals surface area contributed by atoms with Crippen molar-refractivity contribution in [2.75, 3.05) is 40.4 Å². The molecule has 22 heavy (non-hydrogen) atoms. The Morgan fingerprint density at radius 1 is 1.41 bits per heavy atom. The van der Waals surface area contributed by atoms with E-state index in [4.69, 9.17) is 14.6 Å². The topological polar surface area (TPSA) is 70.1 Å². The number of ether oxygens (including phenoxy) is 1.